The van der Waals surface area contributed by atoms with Crippen LogP contribution in [0.15, 0.2) is 5.57 Å². The van der Waals surface area contributed by atoms with E-state index in [-0.39, 0.29) is 21.7 Å². The van der Waals surface area contributed by atoms with Gasteiger partial charge in [0.2, 0.25) is 0 Å². The first kappa shape index (κ1) is 25.6. The van der Waals surface area contributed by atoms with Gasteiger partial charge in [0.05, 0.1) is 0 Å². The number of hydrogen-bond acceptors (Lipinski definition) is 0. The first-order valence-corrected chi connectivity index (χ1v) is 10.2. The van der Waals surface area contributed by atoms with Gasteiger partial charge in [-0.15, -0.1) is 8.07 Å². The van der Waals surface area contributed by atoms with Gasteiger partial charge in [0, 0.05) is 0 Å². The van der Waals surface area contributed by atoms with Crippen molar-refractivity contribution in [2.24, 2.45) is 0 Å². The maximum absolute atomic E-state index is 5.03. The van der Waals surface area contributed by atoms with Gasteiger partial charge in [0.15, 0.2) is 0 Å². The molecule has 2 aliphatic rings. The van der Waals surface area contributed by atoms with Crippen molar-refractivity contribution in [3.63, 3.8) is 0 Å². The van der Waals surface area contributed by atoms with Crippen LogP contribution >= 0.6 is 0 Å². The van der Waals surface area contributed by atoms with Crippen LogP contribution < -0.4 is 0 Å². The maximum atomic E-state index is 5.03. The molecule has 2 rings (SSSR count). The van der Waals surface area contributed by atoms with Crippen LogP contribution in [0.5, 0.6) is 0 Å². The van der Waals surface area contributed by atoms with Crippen LogP contribution in [0.3, 0.4) is 0 Å². The molecule has 2 aliphatic carbocycles. The zero-order valence-electron chi connectivity index (χ0n) is 13.6. The Bertz CT molecular complexity index is 151. The zero-order valence-corrected chi connectivity index (χ0v) is 16.1. The average molecular weight is 320 g/mol. The first-order valence-electron chi connectivity index (χ1n) is 6.48. The molecule has 0 N–H and O–H groups in total. The molecule has 2 saturated carbocycles. The second kappa shape index (κ2) is 17.7. The molecule has 0 bridgehead atoms. The number of allylic oxidation sites excluding steroid dienone is 1. The molecule has 10 radical (unpaired) electrons. The van der Waals surface area contributed by atoms with Crippen LogP contribution in [0.1, 0.15) is 13.8 Å². The molecule has 0 amide bonds. The average Bonchev–Trinajstić information content (AvgIpc) is 2.94. The largest absolute Gasteiger partial charge is 4.00 e. The van der Waals surface area contributed by atoms with Crippen LogP contribution in [0.4, 0.5) is 0 Å². The van der Waals surface area contributed by atoms with Gasteiger partial charge in [0.25, 0.3) is 0 Å². The summed E-state index contributed by atoms with van der Waals surface area (Å²) in [6, 6.07) is 0. The number of rotatable bonds is 0. The Hall–Kier alpha value is 0.671. The minimum atomic E-state index is -0.861. The van der Waals surface area contributed by atoms with Gasteiger partial charge in [0.1, 0.15) is 0 Å². The Kier molecular flexibility index (Phi) is 22.7. The van der Waals surface area contributed by atoms with E-state index in [1.54, 1.807) is 0 Å². The first-order chi connectivity index (χ1) is 8.73. The van der Waals surface area contributed by atoms with Crippen molar-refractivity contribution in [3.8, 4) is 0 Å². The molecule has 20 heavy (non-hydrogen) atoms. The molecule has 0 saturated heterocycles. The van der Waals surface area contributed by atoms with Crippen molar-refractivity contribution >= 4 is 8.07 Å². The van der Waals surface area contributed by atoms with Crippen LogP contribution in [0.2, 0.25) is 19.6 Å². The molecule has 0 aromatic carbocycles. The van der Waals surface area contributed by atoms with Gasteiger partial charge in [-0.3, -0.25) is 5.57 Å². The van der Waals surface area contributed by atoms with Crippen LogP contribution in [-0.4, -0.2) is 8.07 Å². The molecule has 0 aromatic rings. The summed E-state index contributed by atoms with van der Waals surface area (Å²) < 4.78 is 0. The van der Waals surface area contributed by atoms with Gasteiger partial charge in [-0.05, 0) is 64.2 Å². The standard InChI is InChI=1S/2C5H5.C4H11Si.C4H7.Ti/c2*1-2-4-5-3-1;1-5(2,3)4;1-4(2)3;/h2*1-5H;1H2,2-4H3;1H,2-3H3;/q;;2*-1;+4. The molecular formula is C18H28SiTi+2. The topological polar surface area (TPSA) is 0 Å². The van der Waals surface area contributed by atoms with E-state index in [1.807, 2.05) is 78.1 Å². The van der Waals surface area contributed by atoms with Crippen molar-refractivity contribution in [2.45, 2.75) is 33.5 Å². The molecular weight excluding hydrogens is 292 g/mol. The van der Waals surface area contributed by atoms with Gasteiger partial charge in [-0.2, -0.15) is 0 Å². The quantitative estimate of drug-likeness (QED) is 0.429. The summed E-state index contributed by atoms with van der Waals surface area (Å²) in [5, 5.41) is 0. The van der Waals surface area contributed by atoms with Crippen molar-refractivity contribution in [2.75, 3.05) is 0 Å². The van der Waals surface area contributed by atoms with Crippen LogP contribution in [-0.2, 0) is 21.7 Å². The summed E-state index contributed by atoms with van der Waals surface area (Å²) in [6.45, 7) is 19.3. The predicted octanol–water partition coefficient (Wildman–Crippen LogP) is 5.12. The van der Waals surface area contributed by atoms with E-state index in [0.29, 0.717) is 0 Å². The third kappa shape index (κ3) is 51.2. The minimum absolute atomic E-state index is 0. The maximum Gasteiger partial charge on any atom is 4.00 e. The molecule has 0 atom stereocenters. The number of hydrogen-bond donors (Lipinski definition) is 0. The van der Waals surface area contributed by atoms with E-state index in [9.17, 15) is 0 Å². The fourth-order valence-electron chi connectivity index (χ4n) is 0.642. The molecule has 106 valence electrons. The van der Waals surface area contributed by atoms with Gasteiger partial charge >= 0.3 is 21.7 Å². The van der Waals surface area contributed by atoms with Crippen molar-refractivity contribution in [3.05, 3.63) is 82.9 Å². The zero-order chi connectivity index (χ0) is 15.1. The monoisotopic (exact) mass is 320 g/mol. The van der Waals surface area contributed by atoms with Crippen molar-refractivity contribution in [1.82, 2.24) is 0 Å². The summed E-state index contributed by atoms with van der Waals surface area (Å²) in [5.74, 6) is 0. The molecule has 0 aromatic heterocycles. The molecule has 0 spiro atoms. The fourth-order valence-corrected chi connectivity index (χ4v) is 0.642. The molecule has 0 unspecified atom stereocenters. The fraction of sp³-hybridized carbons (Fsp3) is 0.278. The Labute approximate surface area is 146 Å². The summed E-state index contributed by atoms with van der Waals surface area (Å²) in [5.41, 5.74) is 0.917. The molecule has 2 fully saturated rings. The van der Waals surface area contributed by atoms with Crippen molar-refractivity contribution < 1.29 is 21.7 Å². The third-order valence-corrected chi connectivity index (χ3v) is 1.11. The molecule has 0 heterocycles. The Morgan fingerprint density at radius 1 is 0.700 bits per heavy atom. The normalized spacial score (nSPS) is 16.3. The van der Waals surface area contributed by atoms with E-state index in [1.165, 1.54) is 0 Å². The van der Waals surface area contributed by atoms with E-state index in [0.717, 1.165) is 5.57 Å². The minimum Gasteiger partial charge on any atom is -0.515 e. The van der Waals surface area contributed by atoms with Gasteiger partial charge in [-0.1, -0.05) is 33.5 Å². The Balaban J connectivity index is -0.000000191. The molecule has 0 nitrogen and oxygen atoms in total. The van der Waals surface area contributed by atoms with E-state index >= 15 is 0 Å². The summed E-state index contributed by atoms with van der Waals surface area (Å²) in [4.78, 5) is 0. The van der Waals surface area contributed by atoms with E-state index in [2.05, 4.69) is 26.2 Å². The Morgan fingerprint density at radius 3 is 0.800 bits per heavy atom. The SMILES string of the molecule is [CH-]=C(C)C.[CH2-][Si](C)(C)C.[CH]1[CH][CH][CH][CH]1.[CH]1[CH][CH][CH][CH]1.[Ti+4]. The van der Waals surface area contributed by atoms with Gasteiger partial charge < -0.3 is 13.1 Å². The summed E-state index contributed by atoms with van der Waals surface area (Å²) in [7, 11) is -0.861. The second-order valence-corrected chi connectivity index (χ2v) is 10.7. The van der Waals surface area contributed by atoms with Crippen LogP contribution in [0, 0.1) is 77.3 Å². The summed E-state index contributed by atoms with van der Waals surface area (Å²) >= 11 is 0. The Morgan fingerprint density at radius 2 is 0.750 bits per heavy atom. The molecule has 0 aliphatic heterocycles. The third-order valence-electron chi connectivity index (χ3n) is 1.11. The van der Waals surface area contributed by atoms with E-state index < -0.39 is 8.07 Å². The van der Waals surface area contributed by atoms with E-state index in [4.69, 9.17) is 6.58 Å². The summed E-state index contributed by atoms with van der Waals surface area (Å²) in [6.07, 6.45) is 20.0. The van der Waals surface area contributed by atoms with Crippen molar-refractivity contribution in [1.29, 1.82) is 0 Å². The predicted molar refractivity (Wildman–Crippen MR) is 90.9 cm³/mol. The molecule has 2 heteroatoms. The van der Waals surface area contributed by atoms with Crippen LogP contribution in [0.25, 0.3) is 0 Å². The smallest absolute Gasteiger partial charge is 0.515 e. The second-order valence-electron chi connectivity index (χ2n) is 5.56. The van der Waals surface area contributed by atoms with Gasteiger partial charge in [-0.25, -0.2) is 0 Å².